The van der Waals surface area contributed by atoms with Crippen molar-refractivity contribution in [2.45, 2.75) is 13.0 Å². The monoisotopic (exact) mass is 602 g/mol. The lowest BCUT2D eigenvalue weighted by Crippen LogP contribution is -2.56. The Hall–Kier alpha value is -3.98. The smallest absolute Gasteiger partial charge is 0.220 e. The summed E-state index contributed by atoms with van der Waals surface area (Å²) in [6.45, 7) is 3.17. The van der Waals surface area contributed by atoms with E-state index in [4.69, 9.17) is 37.7 Å². The van der Waals surface area contributed by atoms with Gasteiger partial charge in [0, 0.05) is 72.0 Å². The maximum atomic E-state index is 11.7. The number of carbonyl (C=O) groups is 2. The molecular formula is C32H28Cl2N4O4. The second-order valence-electron chi connectivity index (χ2n) is 10.7. The molecule has 1 N–H and O–H groups in total. The first-order valence-corrected chi connectivity index (χ1v) is 14.2. The second kappa shape index (κ2) is 11.4. The SMILES string of the molecule is COc1cc(-c2nccc(-c3cccc(-c4ccc(CN5CC6(CNC(=O)C6)C5)c(OC)n4)c3Cl)c2Cl)ccc1C=O. The molecule has 0 unspecified atom stereocenters. The molecule has 1 spiro atoms. The molecule has 4 aromatic rings. The third-order valence-corrected chi connectivity index (χ3v) is 8.72. The maximum absolute atomic E-state index is 11.7. The number of ether oxygens (including phenoxy) is 2. The van der Waals surface area contributed by atoms with E-state index in [1.165, 1.54) is 7.11 Å². The lowest BCUT2D eigenvalue weighted by Gasteiger charge is -2.47. The Kier molecular flexibility index (Phi) is 7.62. The number of methoxy groups -OCH3 is 2. The average Bonchev–Trinajstić information content (AvgIpc) is 3.39. The number of rotatable bonds is 8. The molecule has 42 heavy (non-hydrogen) atoms. The molecule has 10 heteroatoms. The summed E-state index contributed by atoms with van der Waals surface area (Å²) in [6.07, 6.45) is 3.01. The lowest BCUT2D eigenvalue weighted by molar-refractivity contribution is -0.120. The number of nitrogens with one attached hydrogen (secondary N) is 1. The number of likely N-dealkylation sites (tertiary alicyclic amines) is 1. The van der Waals surface area contributed by atoms with E-state index in [0.29, 0.717) is 62.7 Å². The molecule has 0 radical (unpaired) electrons. The summed E-state index contributed by atoms with van der Waals surface area (Å²) < 4.78 is 11.0. The number of halogens is 2. The number of nitrogens with zero attached hydrogens (tertiary/aromatic N) is 3. The van der Waals surface area contributed by atoms with E-state index in [1.807, 2.05) is 36.4 Å². The number of pyridine rings is 2. The molecule has 2 aromatic heterocycles. The molecule has 2 aliphatic heterocycles. The van der Waals surface area contributed by atoms with Gasteiger partial charge in [0.15, 0.2) is 6.29 Å². The molecule has 2 fully saturated rings. The number of hydrogen-bond acceptors (Lipinski definition) is 7. The first-order valence-electron chi connectivity index (χ1n) is 13.4. The van der Waals surface area contributed by atoms with Crippen LogP contribution in [-0.2, 0) is 11.3 Å². The molecular weight excluding hydrogens is 575 g/mol. The van der Waals surface area contributed by atoms with Crippen LogP contribution in [0.3, 0.4) is 0 Å². The first-order chi connectivity index (χ1) is 20.3. The van der Waals surface area contributed by atoms with E-state index in [0.717, 1.165) is 42.6 Å². The van der Waals surface area contributed by atoms with Crippen molar-refractivity contribution in [2.75, 3.05) is 33.9 Å². The fourth-order valence-corrected chi connectivity index (χ4v) is 6.54. The van der Waals surface area contributed by atoms with Gasteiger partial charge in [-0.2, -0.15) is 0 Å². The molecule has 0 bridgehead atoms. The average molecular weight is 604 g/mol. The molecule has 1 amide bonds. The summed E-state index contributed by atoms with van der Waals surface area (Å²) in [7, 11) is 3.12. The number of aldehydes is 1. The van der Waals surface area contributed by atoms with Crippen molar-refractivity contribution in [3.05, 3.63) is 82.0 Å². The Morgan fingerprint density at radius 3 is 2.50 bits per heavy atom. The Morgan fingerprint density at radius 1 is 1.00 bits per heavy atom. The van der Waals surface area contributed by atoms with Crippen molar-refractivity contribution < 1.29 is 19.1 Å². The van der Waals surface area contributed by atoms with Crippen LogP contribution in [0.2, 0.25) is 10.0 Å². The highest BCUT2D eigenvalue weighted by molar-refractivity contribution is 6.39. The van der Waals surface area contributed by atoms with E-state index in [-0.39, 0.29) is 11.3 Å². The van der Waals surface area contributed by atoms with E-state index < -0.39 is 0 Å². The molecule has 0 saturated carbocycles. The minimum atomic E-state index is 0.0603. The van der Waals surface area contributed by atoms with Crippen LogP contribution in [-0.4, -0.2) is 60.9 Å². The van der Waals surface area contributed by atoms with Gasteiger partial charge >= 0.3 is 0 Å². The Labute approximate surface area is 253 Å². The Balaban J connectivity index is 1.29. The van der Waals surface area contributed by atoms with Crippen LogP contribution in [0.5, 0.6) is 11.6 Å². The van der Waals surface area contributed by atoms with Crippen LogP contribution in [0.1, 0.15) is 22.3 Å². The maximum Gasteiger partial charge on any atom is 0.220 e. The third-order valence-electron chi connectivity index (χ3n) is 7.93. The van der Waals surface area contributed by atoms with Gasteiger partial charge in [0.1, 0.15) is 5.75 Å². The van der Waals surface area contributed by atoms with Crippen molar-refractivity contribution in [3.63, 3.8) is 0 Å². The quantitative estimate of drug-likeness (QED) is 0.250. The van der Waals surface area contributed by atoms with Gasteiger partial charge in [-0.3, -0.25) is 19.5 Å². The molecule has 6 rings (SSSR count). The minimum absolute atomic E-state index is 0.0603. The summed E-state index contributed by atoms with van der Waals surface area (Å²) >= 11 is 13.9. The summed E-state index contributed by atoms with van der Waals surface area (Å²) in [5.41, 5.74) is 5.58. The normalized spacial score (nSPS) is 15.8. The number of amides is 1. The van der Waals surface area contributed by atoms with Crippen LogP contribution < -0.4 is 14.8 Å². The van der Waals surface area contributed by atoms with Gasteiger partial charge in [0.25, 0.3) is 0 Å². The van der Waals surface area contributed by atoms with Crippen molar-refractivity contribution in [1.29, 1.82) is 0 Å². The zero-order chi connectivity index (χ0) is 29.4. The van der Waals surface area contributed by atoms with Crippen molar-refractivity contribution in [1.82, 2.24) is 20.2 Å². The van der Waals surface area contributed by atoms with Crippen LogP contribution >= 0.6 is 23.2 Å². The van der Waals surface area contributed by atoms with Gasteiger partial charge < -0.3 is 14.8 Å². The zero-order valence-electron chi connectivity index (χ0n) is 23.1. The van der Waals surface area contributed by atoms with Gasteiger partial charge in [-0.1, -0.05) is 53.5 Å². The Morgan fingerprint density at radius 2 is 1.79 bits per heavy atom. The molecule has 4 heterocycles. The van der Waals surface area contributed by atoms with Gasteiger partial charge in [-0.25, -0.2) is 4.98 Å². The van der Waals surface area contributed by atoms with Gasteiger partial charge in [0.05, 0.1) is 41.2 Å². The number of benzene rings is 2. The van der Waals surface area contributed by atoms with E-state index in [9.17, 15) is 9.59 Å². The van der Waals surface area contributed by atoms with E-state index >= 15 is 0 Å². The van der Waals surface area contributed by atoms with Crippen molar-refractivity contribution in [3.8, 4) is 45.3 Å². The fraction of sp³-hybridized carbons (Fsp3) is 0.250. The van der Waals surface area contributed by atoms with Crippen molar-refractivity contribution >= 4 is 35.4 Å². The molecule has 0 atom stereocenters. The first kappa shape index (κ1) is 28.2. The van der Waals surface area contributed by atoms with Gasteiger partial charge in [0.2, 0.25) is 11.8 Å². The molecule has 2 saturated heterocycles. The highest BCUT2D eigenvalue weighted by Crippen LogP contribution is 2.43. The standard InChI is InChI=1S/C32H28Cl2N4O4/c1-41-26-12-19(6-7-21(26)15-39)30-29(34)23(10-11-35-30)22-4-3-5-24(28(22)33)25-9-8-20(31(37-25)42-2)14-38-17-32(18-38)13-27(40)36-16-32/h3-12,15H,13-14,16-18H2,1-2H3,(H,36,40). The molecule has 214 valence electrons. The highest BCUT2D eigenvalue weighted by Gasteiger charge is 2.47. The number of carbonyl (C=O) groups excluding carboxylic acids is 2. The predicted octanol–water partition coefficient (Wildman–Crippen LogP) is 5.94. The topological polar surface area (TPSA) is 93.7 Å². The molecule has 2 aliphatic rings. The van der Waals surface area contributed by atoms with Gasteiger partial charge in [-0.05, 0) is 24.3 Å². The largest absolute Gasteiger partial charge is 0.496 e. The fourth-order valence-electron chi connectivity index (χ4n) is 5.89. The third kappa shape index (κ3) is 5.11. The highest BCUT2D eigenvalue weighted by atomic mass is 35.5. The summed E-state index contributed by atoms with van der Waals surface area (Å²) in [6, 6.07) is 16.7. The number of aromatic nitrogens is 2. The summed E-state index contributed by atoms with van der Waals surface area (Å²) in [4.78, 5) is 34.6. The van der Waals surface area contributed by atoms with E-state index in [2.05, 4.69) is 15.2 Å². The Bertz CT molecular complexity index is 1700. The molecule has 0 aliphatic carbocycles. The molecule has 2 aromatic carbocycles. The minimum Gasteiger partial charge on any atom is -0.496 e. The summed E-state index contributed by atoms with van der Waals surface area (Å²) in [5, 5.41) is 3.86. The predicted molar refractivity (Wildman–Crippen MR) is 162 cm³/mol. The van der Waals surface area contributed by atoms with Crippen molar-refractivity contribution in [2.24, 2.45) is 5.41 Å². The van der Waals surface area contributed by atoms with Crippen LogP contribution in [0.4, 0.5) is 0 Å². The lowest BCUT2D eigenvalue weighted by atomic mass is 9.79. The van der Waals surface area contributed by atoms with E-state index in [1.54, 1.807) is 31.5 Å². The zero-order valence-corrected chi connectivity index (χ0v) is 24.6. The second-order valence-corrected chi connectivity index (χ2v) is 11.5. The van der Waals surface area contributed by atoms with Gasteiger partial charge in [-0.15, -0.1) is 0 Å². The summed E-state index contributed by atoms with van der Waals surface area (Å²) in [5.74, 6) is 1.11. The molecule has 8 nitrogen and oxygen atoms in total. The van der Waals surface area contributed by atoms with Crippen LogP contribution in [0, 0.1) is 5.41 Å². The van der Waals surface area contributed by atoms with Crippen LogP contribution in [0.25, 0.3) is 33.6 Å². The van der Waals surface area contributed by atoms with Crippen LogP contribution in [0.15, 0.2) is 60.8 Å². The number of hydrogen-bond donors (Lipinski definition) is 1.